The number of hydrogen-bond donors (Lipinski definition) is 4. The Morgan fingerprint density at radius 1 is 1.24 bits per heavy atom. The molecular weight excluding hydrogens is 278 g/mol. The summed E-state index contributed by atoms with van der Waals surface area (Å²) in [7, 11) is 1.52. The first-order valence-electron chi connectivity index (χ1n) is 6.73. The quantitative estimate of drug-likeness (QED) is 0.474. The minimum absolute atomic E-state index is 0.215. The van der Waals surface area contributed by atoms with E-state index in [0.29, 0.717) is 13.0 Å². The number of amides is 3. The second kappa shape index (κ2) is 9.17. The Bertz CT molecular complexity index is 365. The molecule has 1 atom stereocenters. The summed E-state index contributed by atoms with van der Waals surface area (Å²) in [4.78, 5) is 34.1. The third kappa shape index (κ3) is 10.6. The summed E-state index contributed by atoms with van der Waals surface area (Å²) >= 11 is 0. The highest BCUT2D eigenvalue weighted by Gasteiger charge is 2.20. The van der Waals surface area contributed by atoms with Crippen LogP contribution >= 0.6 is 0 Å². The lowest BCUT2D eigenvalue weighted by Gasteiger charge is -2.21. The first-order chi connectivity index (χ1) is 9.65. The largest absolute Gasteiger partial charge is 0.480 e. The van der Waals surface area contributed by atoms with Crippen LogP contribution < -0.4 is 16.0 Å². The summed E-state index contributed by atoms with van der Waals surface area (Å²) < 4.78 is 4.83. The first-order valence-corrected chi connectivity index (χ1v) is 6.73. The number of carbonyl (C=O) groups is 3. The molecule has 0 aliphatic carbocycles. The number of urea groups is 1. The van der Waals surface area contributed by atoms with Crippen molar-refractivity contribution >= 4 is 17.9 Å². The smallest absolute Gasteiger partial charge is 0.326 e. The lowest BCUT2D eigenvalue weighted by Crippen LogP contribution is -2.50. The van der Waals surface area contributed by atoms with Crippen LogP contribution in [0, 0.1) is 0 Å². The first kappa shape index (κ1) is 19.2. The van der Waals surface area contributed by atoms with Gasteiger partial charge in [-0.2, -0.15) is 0 Å². The van der Waals surface area contributed by atoms with E-state index in [-0.39, 0.29) is 24.4 Å². The fourth-order valence-electron chi connectivity index (χ4n) is 1.52. The number of carboxylic acid groups (broad SMARTS) is 1. The lowest BCUT2D eigenvalue weighted by atomic mass is 10.1. The van der Waals surface area contributed by atoms with E-state index in [4.69, 9.17) is 9.84 Å². The lowest BCUT2D eigenvalue weighted by molar-refractivity contribution is -0.139. The van der Waals surface area contributed by atoms with Gasteiger partial charge in [0.05, 0.1) is 6.54 Å². The maximum Gasteiger partial charge on any atom is 0.326 e. The number of aliphatic carboxylic acids is 1. The van der Waals surface area contributed by atoms with Crippen LogP contribution in [0.4, 0.5) is 4.79 Å². The Kier molecular flexibility index (Phi) is 8.37. The average Bonchev–Trinajstić information content (AvgIpc) is 2.33. The fraction of sp³-hybridized carbons (Fsp3) is 0.769. The number of hydrogen-bond acceptors (Lipinski definition) is 4. The van der Waals surface area contributed by atoms with Crippen molar-refractivity contribution in [1.82, 2.24) is 16.0 Å². The second-order valence-corrected chi connectivity index (χ2v) is 5.65. The van der Waals surface area contributed by atoms with Gasteiger partial charge in [-0.25, -0.2) is 9.59 Å². The van der Waals surface area contributed by atoms with E-state index in [1.54, 1.807) is 0 Å². The molecule has 21 heavy (non-hydrogen) atoms. The Morgan fingerprint density at radius 2 is 1.86 bits per heavy atom. The molecule has 122 valence electrons. The van der Waals surface area contributed by atoms with Gasteiger partial charge in [0, 0.05) is 19.3 Å². The molecule has 0 saturated carbocycles. The van der Waals surface area contributed by atoms with E-state index in [1.165, 1.54) is 7.11 Å². The maximum atomic E-state index is 11.6. The van der Waals surface area contributed by atoms with Crippen molar-refractivity contribution in [1.29, 1.82) is 0 Å². The van der Waals surface area contributed by atoms with Crippen molar-refractivity contribution in [2.75, 3.05) is 20.3 Å². The molecular formula is C13H25N3O5. The molecule has 0 heterocycles. The van der Waals surface area contributed by atoms with Crippen LogP contribution in [0.25, 0.3) is 0 Å². The van der Waals surface area contributed by atoms with Crippen LogP contribution in [0.15, 0.2) is 0 Å². The van der Waals surface area contributed by atoms with Gasteiger partial charge in [-0.05, 0) is 33.6 Å². The van der Waals surface area contributed by atoms with Crippen LogP contribution in [0.2, 0.25) is 0 Å². The topological polar surface area (TPSA) is 117 Å². The predicted molar refractivity (Wildman–Crippen MR) is 77.0 cm³/mol. The van der Waals surface area contributed by atoms with Gasteiger partial charge >= 0.3 is 12.0 Å². The molecule has 0 saturated heterocycles. The monoisotopic (exact) mass is 303 g/mol. The third-order valence-electron chi connectivity index (χ3n) is 2.37. The van der Waals surface area contributed by atoms with Gasteiger partial charge in [0.25, 0.3) is 0 Å². The zero-order valence-corrected chi connectivity index (χ0v) is 13.0. The van der Waals surface area contributed by atoms with Crippen molar-refractivity contribution in [3.8, 4) is 0 Å². The van der Waals surface area contributed by atoms with Crippen molar-refractivity contribution in [2.45, 2.75) is 45.2 Å². The molecule has 3 amide bonds. The van der Waals surface area contributed by atoms with Gasteiger partial charge in [0.15, 0.2) is 0 Å². The highest BCUT2D eigenvalue weighted by atomic mass is 16.5. The summed E-state index contributed by atoms with van der Waals surface area (Å²) in [6.45, 7) is 5.66. The van der Waals surface area contributed by atoms with Gasteiger partial charge in [0.2, 0.25) is 5.91 Å². The summed E-state index contributed by atoms with van der Waals surface area (Å²) in [5.41, 5.74) is -0.390. The second-order valence-electron chi connectivity index (χ2n) is 5.65. The zero-order chi connectivity index (χ0) is 16.5. The number of carbonyl (C=O) groups excluding carboxylic acids is 2. The number of rotatable bonds is 8. The maximum absolute atomic E-state index is 11.6. The van der Waals surface area contributed by atoms with Gasteiger partial charge in [0.1, 0.15) is 6.04 Å². The van der Waals surface area contributed by atoms with E-state index in [9.17, 15) is 14.4 Å². The zero-order valence-electron chi connectivity index (χ0n) is 13.0. The number of ether oxygens (including phenoxy) is 1. The molecule has 0 rings (SSSR count). The normalized spacial score (nSPS) is 12.4. The Hall–Kier alpha value is -1.83. The molecule has 0 aromatic rings. The minimum Gasteiger partial charge on any atom is -0.480 e. The van der Waals surface area contributed by atoms with E-state index in [2.05, 4.69) is 16.0 Å². The predicted octanol–water partition coefficient (Wildman–Crippen LogP) is 0.0801. The van der Waals surface area contributed by atoms with Crippen LogP contribution in [0.1, 0.15) is 33.6 Å². The van der Waals surface area contributed by atoms with Gasteiger partial charge in [-0.3, -0.25) is 4.79 Å². The number of methoxy groups -OCH3 is 1. The molecule has 0 aliphatic heterocycles. The van der Waals surface area contributed by atoms with Gasteiger partial charge < -0.3 is 25.8 Å². The molecule has 0 spiro atoms. The summed E-state index contributed by atoms with van der Waals surface area (Å²) in [5.74, 6) is -1.47. The van der Waals surface area contributed by atoms with E-state index < -0.39 is 18.0 Å². The molecule has 0 aromatic carbocycles. The molecule has 0 bridgehead atoms. The molecule has 0 aromatic heterocycles. The Labute approximate surface area is 124 Å². The summed E-state index contributed by atoms with van der Waals surface area (Å²) in [5, 5.41) is 16.3. The number of carboxylic acids is 1. The van der Waals surface area contributed by atoms with Crippen LogP contribution in [0.5, 0.6) is 0 Å². The van der Waals surface area contributed by atoms with E-state index in [0.717, 1.165) is 0 Å². The molecule has 0 aliphatic rings. The van der Waals surface area contributed by atoms with Crippen molar-refractivity contribution < 1.29 is 24.2 Å². The molecule has 8 nitrogen and oxygen atoms in total. The van der Waals surface area contributed by atoms with Crippen LogP contribution in [0.3, 0.4) is 0 Å². The van der Waals surface area contributed by atoms with E-state index in [1.807, 2.05) is 20.8 Å². The minimum atomic E-state index is -1.12. The highest BCUT2D eigenvalue weighted by Crippen LogP contribution is 1.99. The highest BCUT2D eigenvalue weighted by molar-refractivity contribution is 5.86. The molecule has 0 fully saturated rings. The van der Waals surface area contributed by atoms with Gasteiger partial charge in [-0.15, -0.1) is 0 Å². The molecule has 8 heteroatoms. The van der Waals surface area contributed by atoms with Gasteiger partial charge in [-0.1, -0.05) is 0 Å². The van der Waals surface area contributed by atoms with Crippen molar-refractivity contribution in [3.63, 3.8) is 0 Å². The van der Waals surface area contributed by atoms with Crippen LogP contribution in [-0.2, 0) is 14.3 Å². The summed E-state index contributed by atoms with van der Waals surface area (Å²) in [6.07, 6.45) is 0.767. The molecule has 1 unspecified atom stereocenters. The molecule has 0 radical (unpaired) electrons. The van der Waals surface area contributed by atoms with Crippen LogP contribution in [-0.4, -0.2) is 54.9 Å². The summed E-state index contributed by atoms with van der Waals surface area (Å²) in [6, 6.07) is -1.70. The van der Waals surface area contributed by atoms with E-state index >= 15 is 0 Å². The standard InChI is InChI=1S/C13H25N3O5/c1-13(2,3)16-10(17)8-14-12(20)15-9(11(18)19)6-5-7-21-4/h9H,5-8H2,1-4H3,(H,16,17)(H,18,19)(H2,14,15,20). The SMILES string of the molecule is COCCCC(NC(=O)NCC(=O)NC(C)(C)C)C(=O)O. The fourth-order valence-corrected chi connectivity index (χ4v) is 1.52. The number of nitrogens with one attached hydrogen (secondary N) is 3. The molecule has 4 N–H and O–H groups in total. The van der Waals surface area contributed by atoms with Crippen molar-refractivity contribution in [3.05, 3.63) is 0 Å². The average molecular weight is 303 g/mol. The Balaban J connectivity index is 4.14. The Morgan fingerprint density at radius 3 is 2.33 bits per heavy atom. The van der Waals surface area contributed by atoms with Crippen molar-refractivity contribution in [2.24, 2.45) is 0 Å². The third-order valence-corrected chi connectivity index (χ3v) is 2.37.